The van der Waals surface area contributed by atoms with Gasteiger partial charge < -0.3 is 15.4 Å². The molecule has 0 aliphatic rings. The summed E-state index contributed by atoms with van der Waals surface area (Å²) in [6.07, 6.45) is 0. The van der Waals surface area contributed by atoms with Gasteiger partial charge in [-0.25, -0.2) is 9.59 Å². The van der Waals surface area contributed by atoms with Crippen molar-refractivity contribution in [1.82, 2.24) is 0 Å². The van der Waals surface area contributed by atoms with E-state index in [1.165, 1.54) is 0 Å². The number of carboxylic acids is 2. The summed E-state index contributed by atoms with van der Waals surface area (Å²) < 4.78 is 0. The quantitative estimate of drug-likeness (QED) is 0.404. The number of aromatic carboxylic acids is 1. The Labute approximate surface area is 106 Å². The van der Waals surface area contributed by atoms with Crippen LogP contribution in [0.3, 0.4) is 0 Å². The third kappa shape index (κ3) is 15.0. The number of rotatable bonds is 2. The predicted octanol–water partition coefficient (Wildman–Crippen LogP) is 0.697. The fraction of sp³-hybridized carbons (Fsp3) is 0.100. The molecule has 9 heteroatoms. The molecule has 0 aliphatic heterocycles. The first-order valence-electron chi connectivity index (χ1n) is 4.54. The molecule has 0 heterocycles. The van der Waals surface area contributed by atoms with Gasteiger partial charge in [-0.3, -0.25) is 4.79 Å². The van der Waals surface area contributed by atoms with Gasteiger partial charge in [-0.05, 0) is 12.1 Å². The molecule has 0 fully saturated rings. The minimum atomic E-state index is -1.50. The molecule has 0 radical (unpaired) electrons. The number of carbonyl (C=O) groups excluding carboxylic acids is 1. The number of hydrogen-bond donors (Lipinski definition) is 3. The summed E-state index contributed by atoms with van der Waals surface area (Å²) in [5, 5.41) is 29.7. The van der Waals surface area contributed by atoms with Crippen molar-refractivity contribution < 1.29 is 34.9 Å². The lowest BCUT2D eigenvalue weighted by molar-refractivity contribution is -0.742. The molecule has 0 unspecified atom stereocenters. The molecule has 104 valence electrons. The van der Waals surface area contributed by atoms with E-state index in [1.807, 2.05) is 0 Å². The van der Waals surface area contributed by atoms with Crippen LogP contribution in [0.2, 0.25) is 0 Å². The van der Waals surface area contributed by atoms with E-state index >= 15 is 0 Å². The van der Waals surface area contributed by atoms with Crippen molar-refractivity contribution in [3.05, 3.63) is 46.0 Å². The highest BCUT2D eigenvalue weighted by Gasteiger charge is 1.99. The van der Waals surface area contributed by atoms with Gasteiger partial charge in [-0.2, -0.15) is 0 Å². The van der Waals surface area contributed by atoms with Gasteiger partial charge in [0.2, 0.25) is 5.78 Å². The van der Waals surface area contributed by atoms with Crippen LogP contribution in [0.1, 0.15) is 17.3 Å². The monoisotopic (exact) mass is 273 g/mol. The summed E-state index contributed by atoms with van der Waals surface area (Å²) in [6.45, 7) is 1.00. The van der Waals surface area contributed by atoms with Crippen LogP contribution < -0.4 is 0 Å². The van der Waals surface area contributed by atoms with Crippen molar-refractivity contribution in [1.29, 1.82) is 0 Å². The van der Waals surface area contributed by atoms with Crippen LogP contribution in [0.5, 0.6) is 0 Å². The number of hydrogen-bond acceptors (Lipinski definition) is 5. The van der Waals surface area contributed by atoms with Crippen molar-refractivity contribution in [3.8, 4) is 0 Å². The number of benzene rings is 1. The Morgan fingerprint density at radius 2 is 1.42 bits per heavy atom. The molecule has 1 aromatic rings. The molecule has 9 nitrogen and oxygen atoms in total. The summed E-state index contributed by atoms with van der Waals surface area (Å²) in [4.78, 5) is 37.5. The van der Waals surface area contributed by atoms with E-state index < -0.39 is 22.8 Å². The first kappa shape index (κ1) is 18.4. The van der Waals surface area contributed by atoms with Crippen molar-refractivity contribution in [3.63, 3.8) is 0 Å². The zero-order valence-electron chi connectivity index (χ0n) is 9.72. The fourth-order valence-corrected chi connectivity index (χ4v) is 0.581. The van der Waals surface area contributed by atoms with E-state index in [2.05, 4.69) is 0 Å². The third-order valence-electron chi connectivity index (χ3n) is 1.32. The molecular weight excluding hydrogens is 262 g/mol. The lowest BCUT2D eigenvalue weighted by Crippen LogP contribution is -2.05. The molecule has 0 saturated carbocycles. The Kier molecular flexibility index (Phi) is 9.88. The smallest absolute Gasteiger partial charge is 0.371 e. The van der Waals surface area contributed by atoms with Crippen LogP contribution >= 0.6 is 0 Å². The van der Waals surface area contributed by atoms with Gasteiger partial charge in [0.05, 0.1) is 5.56 Å². The Bertz CT molecular complexity index is 426. The van der Waals surface area contributed by atoms with E-state index in [0.29, 0.717) is 5.56 Å². The van der Waals surface area contributed by atoms with Crippen molar-refractivity contribution >= 4 is 17.7 Å². The van der Waals surface area contributed by atoms with E-state index in [0.717, 1.165) is 6.92 Å². The predicted molar refractivity (Wildman–Crippen MR) is 60.5 cm³/mol. The number of Topliss-reactive ketones (excluding diaryl/α,β-unsaturated/α-hetero) is 1. The average Bonchev–Trinajstić information content (AvgIpc) is 2.30. The van der Waals surface area contributed by atoms with Gasteiger partial charge in [0.25, 0.3) is 5.09 Å². The molecule has 3 N–H and O–H groups in total. The summed E-state index contributed by atoms with van der Waals surface area (Å²) in [7, 11) is 0. The number of carbonyl (C=O) groups is 3. The molecule has 1 rings (SSSR count). The summed E-state index contributed by atoms with van der Waals surface area (Å²) in [5.41, 5.74) is 0.331. The van der Waals surface area contributed by atoms with Crippen molar-refractivity contribution in [2.45, 2.75) is 6.92 Å². The zero-order valence-corrected chi connectivity index (χ0v) is 9.72. The van der Waals surface area contributed by atoms with Gasteiger partial charge in [-0.1, -0.05) is 18.2 Å². The number of nitrogens with zero attached hydrogens (tertiary/aromatic N) is 1. The van der Waals surface area contributed by atoms with Crippen LogP contribution in [0.4, 0.5) is 0 Å². The Morgan fingerprint density at radius 3 is 1.58 bits per heavy atom. The molecule has 0 amide bonds. The lowest BCUT2D eigenvalue weighted by Gasteiger charge is -1.88. The number of ketones is 1. The highest BCUT2D eigenvalue weighted by atomic mass is 16.9. The molecule has 0 aromatic heterocycles. The van der Waals surface area contributed by atoms with Crippen LogP contribution in [0.25, 0.3) is 0 Å². The maximum absolute atomic E-state index is 10.2. The first-order valence-corrected chi connectivity index (χ1v) is 4.54. The molecule has 1 aromatic carbocycles. The Morgan fingerprint density at radius 1 is 1.11 bits per heavy atom. The summed E-state index contributed by atoms with van der Waals surface area (Å²) >= 11 is 0. The molecule has 0 bridgehead atoms. The van der Waals surface area contributed by atoms with E-state index in [1.54, 1.807) is 30.3 Å². The van der Waals surface area contributed by atoms with Crippen LogP contribution in [0, 0.1) is 10.1 Å². The van der Waals surface area contributed by atoms with Crippen molar-refractivity contribution in [2.24, 2.45) is 0 Å². The van der Waals surface area contributed by atoms with Gasteiger partial charge in [0.1, 0.15) is 0 Å². The molecule has 0 saturated heterocycles. The van der Waals surface area contributed by atoms with Crippen LogP contribution in [-0.4, -0.2) is 38.2 Å². The van der Waals surface area contributed by atoms with Crippen LogP contribution in [-0.2, 0) is 9.59 Å². The molecular formula is C10H11NO8. The molecule has 19 heavy (non-hydrogen) atoms. The Balaban J connectivity index is 0. The van der Waals surface area contributed by atoms with E-state index in [9.17, 15) is 14.4 Å². The number of carboxylic acid groups (broad SMARTS) is 2. The maximum atomic E-state index is 10.2. The maximum Gasteiger partial charge on any atom is 0.371 e. The summed E-state index contributed by atoms with van der Waals surface area (Å²) in [6, 6.07) is 8.30. The second kappa shape index (κ2) is 10.2. The normalized spacial score (nSPS) is 7.84. The first-order chi connectivity index (χ1) is 8.68. The zero-order chi connectivity index (χ0) is 15.4. The second-order valence-electron chi connectivity index (χ2n) is 2.77. The molecule has 0 spiro atoms. The standard InChI is InChI=1S/C7H6O2.C3H4O3.HNO3/c8-7(9)6-4-2-1-3-5-6;1-2(4)3(5)6;2-1(3)4/h1-5H,(H,8,9);1H3,(H,5,6);(H,2,3,4). The van der Waals surface area contributed by atoms with Crippen molar-refractivity contribution in [2.75, 3.05) is 0 Å². The second-order valence-corrected chi connectivity index (χ2v) is 2.77. The fourth-order valence-electron chi connectivity index (χ4n) is 0.581. The minimum Gasteiger partial charge on any atom is -0.478 e. The SMILES string of the molecule is CC(=O)C(=O)O.O=C(O)c1ccccc1.O=[N+]([O-])O. The van der Waals surface area contributed by atoms with E-state index in [-0.39, 0.29) is 0 Å². The highest BCUT2D eigenvalue weighted by molar-refractivity contribution is 6.31. The Hall–Kier alpha value is -2.97. The van der Waals surface area contributed by atoms with Gasteiger partial charge >= 0.3 is 11.9 Å². The molecule has 0 aliphatic carbocycles. The lowest BCUT2D eigenvalue weighted by atomic mass is 10.2. The highest BCUT2D eigenvalue weighted by Crippen LogP contribution is 1.96. The number of aliphatic carboxylic acids is 1. The molecule has 0 atom stereocenters. The van der Waals surface area contributed by atoms with E-state index in [4.69, 9.17) is 25.5 Å². The third-order valence-corrected chi connectivity index (χ3v) is 1.32. The van der Waals surface area contributed by atoms with Gasteiger partial charge in [0, 0.05) is 6.92 Å². The van der Waals surface area contributed by atoms with Crippen LogP contribution in [0.15, 0.2) is 30.3 Å². The minimum absolute atomic E-state index is 0.331. The largest absolute Gasteiger partial charge is 0.478 e. The van der Waals surface area contributed by atoms with Gasteiger partial charge in [-0.15, -0.1) is 10.1 Å². The average molecular weight is 273 g/mol. The van der Waals surface area contributed by atoms with Gasteiger partial charge in [0.15, 0.2) is 0 Å². The summed E-state index contributed by atoms with van der Waals surface area (Å²) in [5.74, 6) is -3.08. The topological polar surface area (TPSA) is 155 Å².